The summed E-state index contributed by atoms with van der Waals surface area (Å²) in [6, 6.07) is 16.8. The van der Waals surface area contributed by atoms with E-state index in [0.29, 0.717) is 18.7 Å². The number of rotatable bonds is 9. The molecule has 0 aromatic heterocycles. The monoisotopic (exact) mass is 355 g/mol. The van der Waals surface area contributed by atoms with E-state index < -0.39 is 5.97 Å². The largest absolute Gasteiger partial charge is 0.489 e. The van der Waals surface area contributed by atoms with Crippen LogP contribution in [0.3, 0.4) is 0 Å². The van der Waals surface area contributed by atoms with E-state index in [9.17, 15) is 9.59 Å². The Morgan fingerprint density at radius 3 is 2.27 bits per heavy atom. The zero-order valence-electron chi connectivity index (χ0n) is 15.2. The minimum atomic E-state index is -0.903. The van der Waals surface area contributed by atoms with Crippen LogP contribution < -0.4 is 4.74 Å². The van der Waals surface area contributed by atoms with Gasteiger partial charge in [0.15, 0.2) is 0 Å². The fourth-order valence-electron chi connectivity index (χ4n) is 2.56. The molecule has 0 saturated carbocycles. The zero-order valence-corrected chi connectivity index (χ0v) is 15.2. The summed E-state index contributed by atoms with van der Waals surface area (Å²) in [7, 11) is 0. The van der Waals surface area contributed by atoms with Crippen LogP contribution in [0.25, 0.3) is 0 Å². The molecule has 2 rings (SSSR count). The van der Waals surface area contributed by atoms with E-state index in [2.05, 4.69) is 0 Å². The lowest BCUT2D eigenvalue weighted by molar-refractivity contribution is -0.137. The Kier molecular flexibility index (Phi) is 7.21. The van der Waals surface area contributed by atoms with Crippen LogP contribution >= 0.6 is 0 Å². The van der Waals surface area contributed by atoms with Crippen molar-refractivity contribution in [3.63, 3.8) is 0 Å². The van der Waals surface area contributed by atoms with Crippen LogP contribution in [0, 0.1) is 5.92 Å². The predicted molar refractivity (Wildman–Crippen MR) is 100 cm³/mol. The first kappa shape index (κ1) is 19.5. The van der Waals surface area contributed by atoms with Crippen molar-refractivity contribution in [1.82, 2.24) is 4.90 Å². The normalized spacial score (nSPS) is 10.6. The van der Waals surface area contributed by atoms with Crippen LogP contribution in [0.1, 0.15) is 36.2 Å². The molecular weight excluding hydrogens is 330 g/mol. The molecule has 0 aliphatic carbocycles. The van der Waals surface area contributed by atoms with E-state index in [1.165, 1.54) is 0 Å². The maximum absolute atomic E-state index is 12.7. The van der Waals surface area contributed by atoms with Crippen LogP contribution in [-0.4, -0.2) is 35.0 Å². The molecule has 0 radical (unpaired) electrons. The number of carbonyl (C=O) groups excluding carboxylic acids is 1. The van der Waals surface area contributed by atoms with Crippen molar-refractivity contribution in [2.24, 2.45) is 5.92 Å². The SMILES string of the molecule is CC(C)CN(CCC(=O)O)C(=O)c1ccc(COc2ccccc2)cc1. The van der Waals surface area contributed by atoms with E-state index >= 15 is 0 Å². The number of benzene rings is 2. The molecule has 2 aromatic rings. The molecule has 0 saturated heterocycles. The second-order valence-corrected chi connectivity index (χ2v) is 6.59. The number of carboxylic acids is 1. The average Bonchev–Trinajstić information content (AvgIpc) is 2.64. The molecule has 0 unspecified atom stereocenters. The van der Waals surface area contributed by atoms with Crippen LogP contribution in [0.5, 0.6) is 5.75 Å². The number of para-hydroxylation sites is 1. The number of carbonyl (C=O) groups is 2. The Labute approximate surface area is 154 Å². The minimum Gasteiger partial charge on any atom is -0.489 e. The number of aliphatic carboxylic acids is 1. The van der Waals surface area contributed by atoms with Crippen LogP contribution in [-0.2, 0) is 11.4 Å². The van der Waals surface area contributed by atoms with Crippen LogP contribution in [0.15, 0.2) is 54.6 Å². The molecule has 0 spiro atoms. The van der Waals surface area contributed by atoms with Crippen LogP contribution in [0.4, 0.5) is 0 Å². The molecule has 138 valence electrons. The third-order valence-electron chi connectivity index (χ3n) is 3.82. The number of nitrogens with zero attached hydrogens (tertiary/aromatic N) is 1. The standard InChI is InChI=1S/C21H25NO4/c1-16(2)14-22(13-12-20(23)24)21(25)18-10-8-17(9-11-18)15-26-19-6-4-3-5-7-19/h3-11,16H,12-15H2,1-2H3,(H,23,24). The molecule has 5 nitrogen and oxygen atoms in total. The molecule has 0 aliphatic heterocycles. The third-order valence-corrected chi connectivity index (χ3v) is 3.82. The number of carboxylic acid groups (broad SMARTS) is 1. The highest BCUT2D eigenvalue weighted by atomic mass is 16.5. The smallest absolute Gasteiger partial charge is 0.305 e. The molecular formula is C21H25NO4. The Balaban J connectivity index is 1.99. The van der Waals surface area contributed by atoms with Crippen molar-refractivity contribution >= 4 is 11.9 Å². The van der Waals surface area contributed by atoms with Crippen molar-refractivity contribution in [2.75, 3.05) is 13.1 Å². The van der Waals surface area contributed by atoms with Gasteiger partial charge in [0.1, 0.15) is 12.4 Å². The number of hydrogen-bond donors (Lipinski definition) is 1. The van der Waals surface area contributed by atoms with Crippen LogP contribution in [0.2, 0.25) is 0 Å². The first-order valence-electron chi connectivity index (χ1n) is 8.73. The Hall–Kier alpha value is -2.82. The number of hydrogen-bond acceptors (Lipinski definition) is 3. The molecule has 0 bridgehead atoms. The highest BCUT2D eigenvalue weighted by Gasteiger charge is 2.17. The first-order valence-corrected chi connectivity index (χ1v) is 8.73. The van der Waals surface area contributed by atoms with E-state index in [0.717, 1.165) is 11.3 Å². The van der Waals surface area contributed by atoms with Gasteiger partial charge in [-0.1, -0.05) is 44.2 Å². The molecule has 0 fully saturated rings. The second-order valence-electron chi connectivity index (χ2n) is 6.59. The summed E-state index contributed by atoms with van der Waals surface area (Å²) in [5.74, 6) is 0.0196. The zero-order chi connectivity index (χ0) is 18.9. The lowest BCUT2D eigenvalue weighted by atomic mass is 10.1. The van der Waals surface area contributed by atoms with Gasteiger partial charge < -0.3 is 14.7 Å². The summed E-state index contributed by atoms with van der Waals surface area (Å²) in [4.78, 5) is 25.1. The van der Waals surface area contributed by atoms with Gasteiger partial charge in [-0.05, 0) is 35.7 Å². The van der Waals surface area contributed by atoms with Gasteiger partial charge in [-0.15, -0.1) is 0 Å². The molecule has 5 heteroatoms. The molecule has 26 heavy (non-hydrogen) atoms. The van der Waals surface area contributed by atoms with Crippen molar-refractivity contribution in [1.29, 1.82) is 0 Å². The summed E-state index contributed by atoms with van der Waals surface area (Å²) in [5.41, 5.74) is 1.52. The molecule has 1 N–H and O–H groups in total. The van der Waals surface area contributed by atoms with E-state index in [4.69, 9.17) is 9.84 Å². The van der Waals surface area contributed by atoms with E-state index in [1.54, 1.807) is 17.0 Å². The van der Waals surface area contributed by atoms with Gasteiger partial charge >= 0.3 is 5.97 Å². The summed E-state index contributed by atoms with van der Waals surface area (Å²) in [6.45, 7) is 5.18. The van der Waals surface area contributed by atoms with Gasteiger partial charge in [0, 0.05) is 18.7 Å². The highest BCUT2D eigenvalue weighted by molar-refractivity contribution is 5.94. The maximum Gasteiger partial charge on any atom is 0.305 e. The number of amides is 1. The van der Waals surface area contributed by atoms with Gasteiger partial charge in [-0.2, -0.15) is 0 Å². The average molecular weight is 355 g/mol. The Morgan fingerprint density at radius 1 is 1.04 bits per heavy atom. The first-order chi connectivity index (χ1) is 12.5. The van der Waals surface area contributed by atoms with Gasteiger partial charge in [0.2, 0.25) is 0 Å². The topological polar surface area (TPSA) is 66.8 Å². The lowest BCUT2D eigenvalue weighted by Gasteiger charge is -2.24. The number of ether oxygens (including phenoxy) is 1. The quantitative estimate of drug-likeness (QED) is 0.742. The molecule has 0 atom stereocenters. The third kappa shape index (κ3) is 6.24. The van der Waals surface area contributed by atoms with Gasteiger partial charge in [-0.3, -0.25) is 9.59 Å². The fourth-order valence-corrected chi connectivity index (χ4v) is 2.56. The summed E-state index contributed by atoms with van der Waals surface area (Å²) < 4.78 is 5.70. The van der Waals surface area contributed by atoms with E-state index in [1.807, 2.05) is 56.3 Å². The summed E-state index contributed by atoms with van der Waals surface area (Å²) in [5, 5.41) is 8.89. The van der Waals surface area contributed by atoms with Crippen molar-refractivity contribution in [3.05, 3.63) is 65.7 Å². The predicted octanol–water partition coefficient (Wildman–Crippen LogP) is 3.84. The second kappa shape index (κ2) is 9.61. The lowest BCUT2D eigenvalue weighted by Crippen LogP contribution is -2.36. The Morgan fingerprint density at radius 2 is 1.69 bits per heavy atom. The molecule has 0 heterocycles. The summed E-state index contributed by atoms with van der Waals surface area (Å²) in [6.07, 6.45) is -0.0541. The molecule has 2 aromatic carbocycles. The van der Waals surface area contributed by atoms with Crippen molar-refractivity contribution < 1.29 is 19.4 Å². The maximum atomic E-state index is 12.7. The van der Waals surface area contributed by atoms with Gasteiger partial charge in [0.25, 0.3) is 5.91 Å². The minimum absolute atomic E-state index is 0.0541. The summed E-state index contributed by atoms with van der Waals surface area (Å²) >= 11 is 0. The molecule has 0 aliphatic rings. The molecule has 1 amide bonds. The van der Waals surface area contributed by atoms with Gasteiger partial charge in [0.05, 0.1) is 6.42 Å². The van der Waals surface area contributed by atoms with Crippen molar-refractivity contribution in [3.8, 4) is 5.75 Å². The van der Waals surface area contributed by atoms with E-state index in [-0.39, 0.29) is 24.8 Å². The Bertz CT molecular complexity index is 711. The van der Waals surface area contributed by atoms with Crippen molar-refractivity contribution in [2.45, 2.75) is 26.9 Å². The fraction of sp³-hybridized carbons (Fsp3) is 0.333. The van der Waals surface area contributed by atoms with Gasteiger partial charge in [-0.25, -0.2) is 0 Å². The highest BCUT2D eigenvalue weighted by Crippen LogP contribution is 2.14.